The van der Waals surface area contributed by atoms with Crippen LogP contribution in [0.25, 0.3) is 0 Å². The fourth-order valence-electron chi connectivity index (χ4n) is 1.51. The minimum Gasteiger partial charge on any atom is -0.369 e. The largest absolute Gasteiger partial charge is 0.369 e. The van der Waals surface area contributed by atoms with Crippen molar-refractivity contribution >= 4 is 67.6 Å². The second-order valence-corrected chi connectivity index (χ2v) is 5.91. The standard InChI is InChI=1S/C14H13Br2N5.ClH/c15-9-1-5-11(6-2-9)19-13(17)21-14(18)20-12-7-3-10(16)4-8-12;/h1-8H,(H5,17,18,19,20,21);1H. The van der Waals surface area contributed by atoms with Gasteiger partial charge in [-0.3, -0.25) is 0 Å². The monoisotopic (exact) mass is 445 g/mol. The highest BCUT2D eigenvalue weighted by Crippen LogP contribution is 2.17. The Labute approximate surface area is 151 Å². The maximum Gasteiger partial charge on any atom is 0.223 e. The Morgan fingerprint density at radius 3 is 1.91 bits per heavy atom. The fourth-order valence-corrected chi connectivity index (χ4v) is 2.03. The van der Waals surface area contributed by atoms with Crippen LogP contribution in [0.3, 0.4) is 0 Å². The molecule has 0 bridgehead atoms. The summed E-state index contributed by atoms with van der Waals surface area (Å²) in [4.78, 5) is 8.15. The van der Waals surface area contributed by atoms with Crippen molar-refractivity contribution in [3.8, 4) is 0 Å². The molecular weight excluding hydrogens is 433 g/mol. The van der Waals surface area contributed by atoms with Gasteiger partial charge in [0, 0.05) is 14.6 Å². The first-order chi connectivity index (χ1) is 10.0. The van der Waals surface area contributed by atoms with Crippen LogP contribution in [0.5, 0.6) is 0 Å². The first kappa shape index (κ1) is 18.5. The maximum atomic E-state index is 5.78. The van der Waals surface area contributed by atoms with Gasteiger partial charge >= 0.3 is 0 Å². The predicted molar refractivity (Wildman–Crippen MR) is 102 cm³/mol. The van der Waals surface area contributed by atoms with Crippen molar-refractivity contribution in [3.05, 3.63) is 57.5 Å². The molecule has 8 heteroatoms. The van der Waals surface area contributed by atoms with E-state index in [4.69, 9.17) is 11.5 Å². The normalized spacial score (nSPS) is 11.7. The molecule has 0 radical (unpaired) electrons. The second-order valence-electron chi connectivity index (χ2n) is 4.08. The van der Waals surface area contributed by atoms with Gasteiger partial charge in [-0.1, -0.05) is 31.9 Å². The molecule has 0 saturated heterocycles. The molecule has 2 rings (SSSR count). The van der Waals surface area contributed by atoms with Crippen molar-refractivity contribution in [1.82, 2.24) is 0 Å². The lowest BCUT2D eigenvalue weighted by Gasteiger charge is -2.05. The van der Waals surface area contributed by atoms with Gasteiger partial charge < -0.3 is 16.8 Å². The third kappa shape index (κ3) is 6.05. The molecule has 0 heterocycles. The summed E-state index contributed by atoms with van der Waals surface area (Å²) in [5, 5.41) is 2.93. The molecule has 5 nitrogen and oxygen atoms in total. The van der Waals surface area contributed by atoms with E-state index in [1.165, 1.54) is 0 Å². The Bertz CT molecular complexity index is 669. The van der Waals surface area contributed by atoms with Gasteiger partial charge in [0.15, 0.2) is 0 Å². The van der Waals surface area contributed by atoms with Gasteiger partial charge in [-0.15, -0.1) is 12.4 Å². The molecule has 116 valence electrons. The molecule has 0 fully saturated rings. The molecule has 0 amide bonds. The van der Waals surface area contributed by atoms with Crippen LogP contribution < -0.4 is 16.8 Å². The van der Waals surface area contributed by atoms with E-state index < -0.39 is 0 Å². The molecule has 22 heavy (non-hydrogen) atoms. The van der Waals surface area contributed by atoms with Gasteiger partial charge in [-0.2, -0.15) is 4.99 Å². The van der Waals surface area contributed by atoms with Gasteiger partial charge in [0.1, 0.15) is 0 Å². The molecule has 0 aliphatic heterocycles. The van der Waals surface area contributed by atoms with Crippen molar-refractivity contribution in [1.29, 1.82) is 0 Å². The zero-order chi connectivity index (χ0) is 15.2. The highest BCUT2D eigenvalue weighted by Gasteiger charge is 1.97. The van der Waals surface area contributed by atoms with E-state index in [9.17, 15) is 0 Å². The molecule has 2 aromatic carbocycles. The number of halogens is 3. The summed E-state index contributed by atoms with van der Waals surface area (Å²) < 4.78 is 1.96. The lowest BCUT2D eigenvalue weighted by atomic mass is 10.3. The summed E-state index contributed by atoms with van der Waals surface area (Å²) in [6.07, 6.45) is 0. The summed E-state index contributed by atoms with van der Waals surface area (Å²) >= 11 is 6.72. The molecule has 0 aromatic heterocycles. The summed E-state index contributed by atoms with van der Waals surface area (Å²) in [6, 6.07) is 14.9. The quantitative estimate of drug-likeness (QED) is 0.480. The lowest BCUT2D eigenvalue weighted by molar-refractivity contribution is 1.39. The van der Waals surface area contributed by atoms with Crippen molar-refractivity contribution in [3.63, 3.8) is 0 Å². The van der Waals surface area contributed by atoms with Crippen LogP contribution >= 0.6 is 44.3 Å². The number of hydrogen-bond acceptors (Lipinski definition) is 1. The molecule has 0 aliphatic carbocycles. The Kier molecular flexibility index (Phi) is 7.37. The minimum absolute atomic E-state index is 0. The number of nitrogens with two attached hydrogens (primary N) is 2. The van der Waals surface area contributed by atoms with Crippen LogP contribution in [-0.4, -0.2) is 11.9 Å². The minimum atomic E-state index is 0. The van der Waals surface area contributed by atoms with E-state index in [0.717, 1.165) is 14.6 Å². The Morgan fingerprint density at radius 2 is 1.36 bits per heavy atom. The number of nitrogens with zero attached hydrogens (tertiary/aromatic N) is 2. The second kappa shape index (κ2) is 8.77. The van der Waals surface area contributed by atoms with Crippen molar-refractivity contribution < 1.29 is 0 Å². The van der Waals surface area contributed by atoms with Gasteiger partial charge in [0.25, 0.3) is 0 Å². The predicted octanol–water partition coefficient (Wildman–Crippen LogP) is 4.01. The Morgan fingerprint density at radius 1 is 0.864 bits per heavy atom. The zero-order valence-corrected chi connectivity index (χ0v) is 15.3. The maximum absolute atomic E-state index is 5.78. The Balaban J connectivity index is 0.00000242. The van der Waals surface area contributed by atoms with E-state index in [-0.39, 0.29) is 24.3 Å². The topological polar surface area (TPSA) is 88.8 Å². The number of benzene rings is 2. The third-order valence-corrected chi connectivity index (χ3v) is 3.48. The molecular formula is C14H14Br2ClN5. The smallest absolute Gasteiger partial charge is 0.223 e. The molecule has 5 N–H and O–H groups in total. The first-order valence-corrected chi connectivity index (χ1v) is 7.58. The summed E-state index contributed by atoms with van der Waals surface area (Å²) in [5.74, 6) is 0.259. The van der Waals surface area contributed by atoms with Gasteiger partial charge in [-0.05, 0) is 48.5 Å². The number of nitrogens with one attached hydrogen (secondary N) is 1. The summed E-state index contributed by atoms with van der Waals surface area (Å²) in [6.45, 7) is 0. The van der Waals surface area contributed by atoms with E-state index >= 15 is 0 Å². The number of anilines is 1. The van der Waals surface area contributed by atoms with Crippen molar-refractivity contribution in [2.24, 2.45) is 21.5 Å². The molecule has 0 saturated carbocycles. The molecule has 0 aliphatic rings. The zero-order valence-electron chi connectivity index (χ0n) is 11.3. The number of guanidine groups is 2. The number of rotatable bonds is 2. The van der Waals surface area contributed by atoms with Gasteiger partial charge in [0.05, 0.1) is 5.69 Å². The highest BCUT2D eigenvalue weighted by atomic mass is 79.9. The van der Waals surface area contributed by atoms with E-state index in [1.807, 2.05) is 48.5 Å². The Hall–Kier alpha value is -1.57. The van der Waals surface area contributed by atoms with Crippen LogP contribution in [0, 0.1) is 0 Å². The third-order valence-electron chi connectivity index (χ3n) is 2.42. The van der Waals surface area contributed by atoms with E-state index in [0.29, 0.717) is 5.69 Å². The van der Waals surface area contributed by atoms with Crippen LogP contribution in [0.2, 0.25) is 0 Å². The molecule has 0 atom stereocenters. The molecule has 2 aromatic rings. The molecule has 0 spiro atoms. The van der Waals surface area contributed by atoms with Crippen LogP contribution in [-0.2, 0) is 0 Å². The van der Waals surface area contributed by atoms with Gasteiger partial charge in [0.2, 0.25) is 11.9 Å². The van der Waals surface area contributed by atoms with Crippen molar-refractivity contribution in [2.45, 2.75) is 0 Å². The van der Waals surface area contributed by atoms with Crippen molar-refractivity contribution in [2.75, 3.05) is 5.32 Å². The van der Waals surface area contributed by atoms with Crippen LogP contribution in [0.1, 0.15) is 0 Å². The summed E-state index contributed by atoms with van der Waals surface area (Å²) in [5.41, 5.74) is 13.0. The van der Waals surface area contributed by atoms with E-state index in [2.05, 4.69) is 47.2 Å². The number of aliphatic imine (C=N–C) groups is 2. The number of hydrogen-bond donors (Lipinski definition) is 3. The van der Waals surface area contributed by atoms with Gasteiger partial charge in [-0.25, -0.2) is 4.99 Å². The average Bonchev–Trinajstić information content (AvgIpc) is 2.44. The highest BCUT2D eigenvalue weighted by molar-refractivity contribution is 9.10. The lowest BCUT2D eigenvalue weighted by Crippen LogP contribution is -2.25. The summed E-state index contributed by atoms with van der Waals surface area (Å²) in [7, 11) is 0. The van der Waals surface area contributed by atoms with Crippen LogP contribution in [0.4, 0.5) is 11.4 Å². The SMILES string of the molecule is Cl.NC(=Nc1ccc(Br)cc1)N=C(N)Nc1ccc(Br)cc1. The van der Waals surface area contributed by atoms with Crippen LogP contribution in [0.15, 0.2) is 67.5 Å². The first-order valence-electron chi connectivity index (χ1n) is 5.99. The average molecular weight is 448 g/mol. The molecule has 0 unspecified atom stereocenters. The fraction of sp³-hybridized carbons (Fsp3) is 0. The van der Waals surface area contributed by atoms with E-state index in [1.54, 1.807) is 0 Å².